The fourth-order valence-corrected chi connectivity index (χ4v) is 3.13. The normalized spacial score (nSPS) is 11.2. The third-order valence-corrected chi connectivity index (χ3v) is 4.23. The second kappa shape index (κ2) is 4.95. The molecule has 0 atom stereocenters. The number of nitrogens with zero attached hydrogens (tertiary/aromatic N) is 2. The molecule has 0 radical (unpaired) electrons. The summed E-state index contributed by atoms with van der Waals surface area (Å²) in [5, 5.41) is 13.6. The van der Waals surface area contributed by atoms with E-state index in [0.29, 0.717) is 5.56 Å². The van der Waals surface area contributed by atoms with E-state index in [0.717, 1.165) is 27.5 Å². The molecular formula is C19H14N2O2. The van der Waals surface area contributed by atoms with Crippen LogP contribution in [0, 0.1) is 17.0 Å². The maximum absolute atomic E-state index is 11.3. The molecule has 23 heavy (non-hydrogen) atoms. The number of hydrogen-bond donors (Lipinski definition) is 0. The number of fused-ring (bicyclic) bond motifs is 3. The van der Waals surface area contributed by atoms with Crippen molar-refractivity contribution in [1.29, 1.82) is 0 Å². The molecule has 4 aromatic rings. The molecule has 4 rings (SSSR count). The van der Waals surface area contributed by atoms with E-state index in [4.69, 9.17) is 0 Å². The third-order valence-electron chi connectivity index (χ3n) is 4.23. The maximum atomic E-state index is 11.3. The minimum Gasteiger partial charge on any atom is -0.309 e. The summed E-state index contributed by atoms with van der Waals surface area (Å²) in [6.45, 7) is 1.76. The topological polar surface area (TPSA) is 48.1 Å². The summed E-state index contributed by atoms with van der Waals surface area (Å²) < 4.78 is 2.08. The van der Waals surface area contributed by atoms with Crippen LogP contribution in [0.5, 0.6) is 0 Å². The molecule has 0 bridgehead atoms. The summed E-state index contributed by atoms with van der Waals surface area (Å²) in [7, 11) is 0. The number of para-hydroxylation sites is 2. The molecule has 4 heteroatoms. The highest BCUT2D eigenvalue weighted by molar-refractivity contribution is 6.09. The van der Waals surface area contributed by atoms with Gasteiger partial charge in [-0.1, -0.05) is 42.5 Å². The molecule has 0 amide bonds. The zero-order valence-corrected chi connectivity index (χ0v) is 12.6. The van der Waals surface area contributed by atoms with Gasteiger partial charge in [0.15, 0.2) is 0 Å². The highest BCUT2D eigenvalue weighted by Crippen LogP contribution is 2.33. The van der Waals surface area contributed by atoms with Gasteiger partial charge in [-0.25, -0.2) is 0 Å². The van der Waals surface area contributed by atoms with Gasteiger partial charge in [-0.05, 0) is 25.1 Å². The SMILES string of the molecule is Cc1ccc(-n2c3ccccc3c3ccccc32)cc1[N+](=O)[O-]. The smallest absolute Gasteiger partial charge is 0.274 e. The van der Waals surface area contributed by atoms with Gasteiger partial charge in [0.1, 0.15) is 0 Å². The molecule has 0 spiro atoms. The number of nitro benzene ring substituents is 1. The van der Waals surface area contributed by atoms with Crippen molar-refractivity contribution in [2.24, 2.45) is 0 Å². The van der Waals surface area contributed by atoms with Gasteiger partial charge >= 0.3 is 0 Å². The monoisotopic (exact) mass is 302 g/mol. The number of benzene rings is 3. The zero-order valence-electron chi connectivity index (χ0n) is 12.6. The second-order valence-corrected chi connectivity index (χ2v) is 5.60. The van der Waals surface area contributed by atoms with E-state index >= 15 is 0 Å². The van der Waals surface area contributed by atoms with Crippen LogP contribution in [0.4, 0.5) is 5.69 Å². The average molecular weight is 302 g/mol. The van der Waals surface area contributed by atoms with E-state index in [2.05, 4.69) is 16.7 Å². The van der Waals surface area contributed by atoms with Crippen LogP contribution in [0.2, 0.25) is 0 Å². The lowest BCUT2D eigenvalue weighted by atomic mass is 10.2. The van der Waals surface area contributed by atoms with Crippen molar-refractivity contribution in [2.75, 3.05) is 0 Å². The summed E-state index contributed by atoms with van der Waals surface area (Å²) in [4.78, 5) is 10.9. The molecule has 0 saturated carbocycles. The van der Waals surface area contributed by atoms with Crippen LogP contribution in [-0.4, -0.2) is 9.49 Å². The quantitative estimate of drug-likeness (QED) is 0.386. The first-order chi connectivity index (χ1) is 11.2. The van der Waals surface area contributed by atoms with E-state index < -0.39 is 0 Å². The minimum absolute atomic E-state index is 0.143. The van der Waals surface area contributed by atoms with Gasteiger partial charge < -0.3 is 4.57 Å². The predicted molar refractivity (Wildman–Crippen MR) is 92.2 cm³/mol. The van der Waals surface area contributed by atoms with Crippen molar-refractivity contribution in [3.63, 3.8) is 0 Å². The van der Waals surface area contributed by atoms with Crippen LogP contribution >= 0.6 is 0 Å². The first-order valence-electron chi connectivity index (χ1n) is 7.40. The van der Waals surface area contributed by atoms with Gasteiger partial charge in [0, 0.05) is 22.4 Å². The third kappa shape index (κ3) is 1.99. The van der Waals surface area contributed by atoms with E-state index in [1.807, 2.05) is 42.5 Å². The number of aryl methyl sites for hydroxylation is 1. The van der Waals surface area contributed by atoms with Gasteiger partial charge in [0.2, 0.25) is 0 Å². The molecule has 0 aliphatic rings. The molecule has 0 unspecified atom stereocenters. The van der Waals surface area contributed by atoms with Crippen molar-refractivity contribution in [3.8, 4) is 5.69 Å². The van der Waals surface area contributed by atoms with Gasteiger partial charge in [-0.15, -0.1) is 0 Å². The summed E-state index contributed by atoms with van der Waals surface area (Å²) in [5.74, 6) is 0. The maximum Gasteiger partial charge on any atom is 0.274 e. The Kier molecular flexibility index (Phi) is 2.91. The van der Waals surface area contributed by atoms with Crippen molar-refractivity contribution in [2.45, 2.75) is 6.92 Å². The fourth-order valence-electron chi connectivity index (χ4n) is 3.13. The van der Waals surface area contributed by atoms with Crippen LogP contribution < -0.4 is 0 Å². The molecule has 0 saturated heterocycles. The zero-order chi connectivity index (χ0) is 16.0. The Morgan fingerprint density at radius 2 is 1.43 bits per heavy atom. The van der Waals surface area contributed by atoms with E-state index in [1.54, 1.807) is 19.1 Å². The van der Waals surface area contributed by atoms with Crippen LogP contribution in [-0.2, 0) is 0 Å². The van der Waals surface area contributed by atoms with Crippen LogP contribution in [0.15, 0.2) is 66.7 Å². The van der Waals surface area contributed by atoms with E-state index in [1.165, 1.54) is 0 Å². The Hall–Kier alpha value is -3.14. The molecule has 3 aromatic carbocycles. The predicted octanol–water partition coefficient (Wildman–Crippen LogP) is 5.00. The van der Waals surface area contributed by atoms with Crippen molar-refractivity contribution >= 4 is 27.5 Å². The number of aromatic nitrogens is 1. The van der Waals surface area contributed by atoms with Gasteiger partial charge in [0.25, 0.3) is 5.69 Å². The number of hydrogen-bond acceptors (Lipinski definition) is 2. The highest BCUT2D eigenvalue weighted by atomic mass is 16.6. The molecular weight excluding hydrogens is 288 g/mol. The first-order valence-corrected chi connectivity index (χ1v) is 7.40. The first kappa shape index (κ1) is 13.5. The van der Waals surface area contributed by atoms with Crippen LogP contribution in [0.1, 0.15) is 5.56 Å². The van der Waals surface area contributed by atoms with Crippen molar-refractivity contribution in [1.82, 2.24) is 4.57 Å². The van der Waals surface area contributed by atoms with Crippen LogP contribution in [0.3, 0.4) is 0 Å². The summed E-state index contributed by atoms with van der Waals surface area (Å²) in [6.07, 6.45) is 0. The van der Waals surface area contributed by atoms with Crippen LogP contribution in [0.25, 0.3) is 27.5 Å². The van der Waals surface area contributed by atoms with Crippen molar-refractivity contribution < 1.29 is 4.92 Å². The lowest BCUT2D eigenvalue weighted by Crippen LogP contribution is -1.97. The summed E-state index contributed by atoms with van der Waals surface area (Å²) in [5.41, 5.74) is 3.71. The molecule has 0 aliphatic carbocycles. The Bertz CT molecular complexity index is 1010. The molecule has 0 fully saturated rings. The molecule has 112 valence electrons. The summed E-state index contributed by atoms with van der Waals surface area (Å²) >= 11 is 0. The van der Waals surface area contributed by atoms with Gasteiger partial charge in [-0.2, -0.15) is 0 Å². The van der Waals surface area contributed by atoms with E-state index in [9.17, 15) is 10.1 Å². The van der Waals surface area contributed by atoms with E-state index in [-0.39, 0.29) is 10.6 Å². The van der Waals surface area contributed by atoms with Gasteiger partial charge in [0.05, 0.1) is 21.6 Å². The molecule has 1 heterocycles. The lowest BCUT2D eigenvalue weighted by Gasteiger charge is -2.08. The average Bonchev–Trinajstić information content (AvgIpc) is 2.90. The summed E-state index contributed by atoms with van der Waals surface area (Å²) in [6, 6.07) is 21.6. The Morgan fingerprint density at radius 3 is 2.00 bits per heavy atom. The number of rotatable bonds is 2. The number of nitro groups is 1. The van der Waals surface area contributed by atoms with Crippen molar-refractivity contribution in [3.05, 3.63) is 82.4 Å². The molecule has 4 nitrogen and oxygen atoms in total. The molecule has 0 N–H and O–H groups in total. The highest BCUT2D eigenvalue weighted by Gasteiger charge is 2.15. The minimum atomic E-state index is -0.327. The second-order valence-electron chi connectivity index (χ2n) is 5.60. The van der Waals surface area contributed by atoms with Gasteiger partial charge in [-0.3, -0.25) is 10.1 Å². The molecule has 0 aliphatic heterocycles. The Labute approximate surface area is 132 Å². The largest absolute Gasteiger partial charge is 0.309 e. The fraction of sp³-hybridized carbons (Fsp3) is 0.0526. The standard InChI is InChI=1S/C19H14N2O2/c1-13-10-11-14(12-19(13)21(22)23)20-17-8-4-2-6-15(17)16-7-3-5-9-18(16)20/h2-12H,1H3. The Morgan fingerprint density at radius 1 is 0.870 bits per heavy atom. The Balaban J connectivity index is 2.12. The lowest BCUT2D eigenvalue weighted by molar-refractivity contribution is -0.385. The molecule has 1 aromatic heterocycles.